The van der Waals surface area contributed by atoms with Crippen molar-refractivity contribution in [2.75, 3.05) is 12.4 Å². The summed E-state index contributed by atoms with van der Waals surface area (Å²) in [5, 5.41) is 2.90. The summed E-state index contributed by atoms with van der Waals surface area (Å²) in [7, 11) is 1.80. The normalized spacial score (nSPS) is 10.4. The predicted molar refractivity (Wildman–Crippen MR) is 67.7 cm³/mol. The Morgan fingerprint density at radius 3 is 2.56 bits per heavy atom. The largest absolute Gasteiger partial charge is 0.429 e. The topological polar surface area (TPSA) is 38.1 Å². The molecule has 0 unspecified atom stereocenters. The Morgan fingerprint density at radius 2 is 2.00 bits per heavy atom. The van der Waals surface area contributed by atoms with Gasteiger partial charge in [-0.1, -0.05) is 28.1 Å². The van der Waals surface area contributed by atoms with Gasteiger partial charge in [-0.3, -0.25) is 0 Å². The maximum atomic E-state index is 5.43. The van der Waals surface area contributed by atoms with Gasteiger partial charge in [-0.25, -0.2) is 0 Å². The third-order valence-corrected chi connectivity index (χ3v) is 2.92. The van der Waals surface area contributed by atoms with Crippen LogP contribution in [0.4, 0.5) is 6.01 Å². The first-order valence-electron chi connectivity index (χ1n) is 5.07. The molecule has 1 N–H and O–H groups in total. The van der Waals surface area contributed by atoms with E-state index in [2.05, 4.69) is 38.4 Å². The average Bonchev–Trinajstić information content (AvgIpc) is 2.63. The van der Waals surface area contributed by atoms with Crippen LogP contribution in [0.5, 0.6) is 0 Å². The van der Waals surface area contributed by atoms with Crippen molar-refractivity contribution in [2.24, 2.45) is 0 Å². The minimum Gasteiger partial charge on any atom is -0.429 e. The summed E-state index contributed by atoms with van der Waals surface area (Å²) in [5.74, 6) is 0.868. The summed E-state index contributed by atoms with van der Waals surface area (Å²) in [4.78, 5) is 4.36. The molecule has 16 heavy (non-hydrogen) atoms. The number of nitrogens with one attached hydrogen (secondary N) is 1. The molecule has 1 heterocycles. The number of nitrogens with zero attached hydrogens (tertiary/aromatic N) is 1. The molecule has 1 aromatic carbocycles. The Bertz CT molecular complexity index is 476. The summed E-state index contributed by atoms with van der Waals surface area (Å²) in [5.41, 5.74) is 2.20. The fourth-order valence-electron chi connectivity index (χ4n) is 1.49. The minimum absolute atomic E-state index is 0.574. The van der Waals surface area contributed by atoms with Gasteiger partial charge in [0.2, 0.25) is 0 Å². The Morgan fingerprint density at radius 1 is 1.31 bits per heavy atom. The van der Waals surface area contributed by atoms with Crippen LogP contribution >= 0.6 is 15.9 Å². The van der Waals surface area contributed by atoms with Crippen LogP contribution in [0.25, 0.3) is 0 Å². The fraction of sp³-hybridized carbons (Fsp3) is 0.250. The van der Waals surface area contributed by atoms with Gasteiger partial charge in [-0.2, -0.15) is 4.98 Å². The highest BCUT2D eigenvalue weighted by Gasteiger charge is 2.08. The van der Waals surface area contributed by atoms with E-state index < -0.39 is 0 Å². The van der Waals surface area contributed by atoms with E-state index in [4.69, 9.17) is 4.42 Å². The lowest BCUT2D eigenvalue weighted by Gasteiger charge is -1.98. The molecule has 2 aromatic rings. The molecule has 4 heteroatoms. The first-order chi connectivity index (χ1) is 7.69. The molecule has 0 aliphatic carbocycles. The molecule has 2 rings (SSSR count). The van der Waals surface area contributed by atoms with Crippen molar-refractivity contribution in [3.05, 3.63) is 45.8 Å². The fourth-order valence-corrected chi connectivity index (χ4v) is 1.76. The molecule has 0 spiro atoms. The zero-order valence-corrected chi connectivity index (χ0v) is 10.8. The van der Waals surface area contributed by atoms with Gasteiger partial charge in [0.15, 0.2) is 0 Å². The highest BCUT2D eigenvalue weighted by Crippen LogP contribution is 2.18. The number of halogens is 1. The van der Waals surface area contributed by atoms with Gasteiger partial charge in [0.1, 0.15) is 5.76 Å². The van der Waals surface area contributed by atoms with Crippen LogP contribution < -0.4 is 5.32 Å². The molecule has 0 saturated carbocycles. The van der Waals surface area contributed by atoms with Crippen molar-refractivity contribution < 1.29 is 4.42 Å². The molecule has 3 nitrogen and oxygen atoms in total. The highest BCUT2D eigenvalue weighted by atomic mass is 79.9. The average molecular weight is 281 g/mol. The van der Waals surface area contributed by atoms with Gasteiger partial charge < -0.3 is 9.73 Å². The number of aromatic nitrogens is 1. The molecular weight excluding hydrogens is 268 g/mol. The molecule has 0 bridgehead atoms. The number of hydrogen-bond acceptors (Lipinski definition) is 3. The van der Waals surface area contributed by atoms with Crippen LogP contribution in [0.15, 0.2) is 33.2 Å². The summed E-state index contributed by atoms with van der Waals surface area (Å²) < 4.78 is 6.52. The molecule has 0 atom stereocenters. The molecule has 1 aromatic heterocycles. The first kappa shape index (κ1) is 11.2. The summed E-state index contributed by atoms with van der Waals surface area (Å²) in [6.45, 7) is 1.93. The molecule has 0 aliphatic heterocycles. The predicted octanol–water partition coefficient (Wildman–Crippen LogP) is 3.38. The second kappa shape index (κ2) is 4.70. The number of oxazole rings is 1. The van der Waals surface area contributed by atoms with Gasteiger partial charge in [-0.15, -0.1) is 0 Å². The van der Waals surface area contributed by atoms with E-state index in [-0.39, 0.29) is 0 Å². The minimum atomic E-state index is 0.574. The van der Waals surface area contributed by atoms with Crippen molar-refractivity contribution in [1.82, 2.24) is 4.98 Å². The molecule has 0 aliphatic rings. The quantitative estimate of drug-likeness (QED) is 0.937. The Hall–Kier alpha value is -1.29. The van der Waals surface area contributed by atoms with E-state index in [0.29, 0.717) is 6.01 Å². The van der Waals surface area contributed by atoms with E-state index in [1.807, 2.05) is 19.1 Å². The zero-order valence-electron chi connectivity index (χ0n) is 9.25. The van der Waals surface area contributed by atoms with Crippen molar-refractivity contribution in [2.45, 2.75) is 13.3 Å². The van der Waals surface area contributed by atoms with Gasteiger partial charge in [0.05, 0.1) is 5.69 Å². The van der Waals surface area contributed by atoms with Gasteiger partial charge in [0, 0.05) is 17.9 Å². The first-order valence-corrected chi connectivity index (χ1v) is 5.87. The van der Waals surface area contributed by atoms with Crippen LogP contribution in [-0.2, 0) is 6.42 Å². The number of aryl methyl sites for hydroxylation is 1. The van der Waals surface area contributed by atoms with E-state index in [9.17, 15) is 0 Å². The number of rotatable bonds is 3. The lowest BCUT2D eigenvalue weighted by atomic mass is 10.1. The second-order valence-electron chi connectivity index (χ2n) is 3.58. The Labute approximate surface area is 103 Å². The molecule has 0 fully saturated rings. The number of anilines is 1. The van der Waals surface area contributed by atoms with Crippen LogP contribution in [0.3, 0.4) is 0 Å². The molecule has 0 amide bonds. The van der Waals surface area contributed by atoms with E-state index in [0.717, 1.165) is 22.3 Å². The monoisotopic (exact) mass is 280 g/mol. The van der Waals surface area contributed by atoms with Crippen LogP contribution in [0.2, 0.25) is 0 Å². The number of hydrogen-bond donors (Lipinski definition) is 1. The lowest BCUT2D eigenvalue weighted by Crippen LogP contribution is -1.92. The van der Waals surface area contributed by atoms with Gasteiger partial charge >= 0.3 is 0 Å². The molecule has 84 valence electrons. The van der Waals surface area contributed by atoms with Crippen LogP contribution in [0.1, 0.15) is 17.0 Å². The SMILES string of the molecule is CNc1nc(Cc2ccc(Br)cc2)c(C)o1. The van der Waals surface area contributed by atoms with Crippen molar-refractivity contribution in [3.63, 3.8) is 0 Å². The van der Waals surface area contributed by atoms with Gasteiger partial charge in [0.25, 0.3) is 6.01 Å². The summed E-state index contributed by atoms with van der Waals surface area (Å²) in [6, 6.07) is 8.80. The number of benzene rings is 1. The highest BCUT2D eigenvalue weighted by molar-refractivity contribution is 9.10. The summed E-state index contributed by atoms with van der Waals surface area (Å²) >= 11 is 3.42. The summed E-state index contributed by atoms with van der Waals surface area (Å²) in [6.07, 6.45) is 0.796. The van der Waals surface area contributed by atoms with Crippen LogP contribution in [-0.4, -0.2) is 12.0 Å². The van der Waals surface area contributed by atoms with E-state index >= 15 is 0 Å². The maximum Gasteiger partial charge on any atom is 0.294 e. The van der Waals surface area contributed by atoms with E-state index in [1.54, 1.807) is 7.05 Å². The van der Waals surface area contributed by atoms with E-state index in [1.165, 1.54) is 5.56 Å². The smallest absolute Gasteiger partial charge is 0.294 e. The lowest BCUT2D eigenvalue weighted by molar-refractivity contribution is 0.541. The molecule has 0 saturated heterocycles. The van der Waals surface area contributed by atoms with Gasteiger partial charge in [-0.05, 0) is 24.6 Å². The van der Waals surface area contributed by atoms with Crippen molar-refractivity contribution >= 4 is 21.9 Å². The standard InChI is InChI=1S/C12H13BrN2O/c1-8-11(15-12(14-2)16-8)7-9-3-5-10(13)6-4-9/h3-6H,7H2,1-2H3,(H,14,15). The maximum absolute atomic E-state index is 5.43. The third kappa shape index (κ3) is 2.44. The molecular formula is C12H13BrN2O. The second-order valence-corrected chi connectivity index (χ2v) is 4.49. The zero-order chi connectivity index (χ0) is 11.5. The van der Waals surface area contributed by atoms with Crippen molar-refractivity contribution in [3.8, 4) is 0 Å². The van der Waals surface area contributed by atoms with Crippen LogP contribution in [0, 0.1) is 6.92 Å². The third-order valence-electron chi connectivity index (χ3n) is 2.39. The van der Waals surface area contributed by atoms with Crippen molar-refractivity contribution in [1.29, 1.82) is 0 Å². The molecule has 0 radical (unpaired) electrons. The Balaban J connectivity index is 2.19. The Kier molecular flexibility index (Phi) is 3.29.